The second-order valence-corrected chi connectivity index (χ2v) is 6.10. The summed E-state index contributed by atoms with van der Waals surface area (Å²) < 4.78 is 0. The number of nitro groups is 2. The van der Waals surface area contributed by atoms with Crippen LogP contribution in [0.3, 0.4) is 0 Å². The number of hydrogen-bond donors (Lipinski definition) is 0. The highest BCUT2D eigenvalue weighted by Gasteiger charge is 2.13. The van der Waals surface area contributed by atoms with Crippen LogP contribution in [-0.2, 0) is 0 Å². The summed E-state index contributed by atoms with van der Waals surface area (Å²) in [5.74, 6) is 0. The van der Waals surface area contributed by atoms with Crippen LogP contribution in [0.25, 0.3) is 0 Å². The molecule has 10 nitrogen and oxygen atoms in total. The molecular formula is C18H18N6O4. The molecule has 28 heavy (non-hydrogen) atoms. The van der Waals surface area contributed by atoms with Crippen molar-refractivity contribution in [2.24, 2.45) is 10.2 Å². The Bertz CT molecular complexity index is 846. The van der Waals surface area contributed by atoms with Crippen LogP contribution in [0.2, 0.25) is 0 Å². The predicted octanol–water partition coefficient (Wildman–Crippen LogP) is 2.49. The highest BCUT2D eigenvalue weighted by molar-refractivity contribution is 5.81. The Morgan fingerprint density at radius 2 is 1.14 bits per heavy atom. The number of benzene rings is 2. The molecule has 0 spiro atoms. The topological polar surface area (TPSA) is 117 Å². The van der Waals surface area contributed by atoms with Crippen LogP contribution in [0.1, 0.15) is 11.1 Å². The fourth-order valence-electron chi connectivity index (χ4n) is 2.65. The van der Waals surface area contributed by atoms with Crippen LogP contribution in [-0.4, -0.2) is 58.5 Å². The SMILES string of the molecule is O=[N+]([O-])c1cccc(/C=N/N2CCN(/N=C/c3cccc([N+](=O)[O-])c3)CC2)c1. The normalized spacial score (nSPS) is 14.7. The highest BCUT2D eigenvalue weighted by Crippen LogP contribution is 2.13. The molecule has 2 aromatic rings. The van der Waals surface area contributed by atoms with E-state index in [9.17, 15) is 20.2 Å². The Hall–Kier alpha value is -3.82. The van der Waals surface area contributed by atoms with E-state index < -0.39 is 9.85 Å². The molecule has 1 heterocycles. The second-order valence-electron chi connectivity index (χ2n) is 6.10. The monoisotopic (exact) mass is 382 g/mol. The molecule has 0 unspecified atom stereocenters. The van der Waals surface area contributed by atoms with Crippen molar-refractivity contribution in [2.75, 3.05) is 26.2 Å². The van der Waals surface area contributed by atoms with Gasteiger partial charge < -0.3 is 0 Å². The summed E-state index contributed by atoms with van der Waals surface area (Å²) in [5, 5.41) is 34.1. The van der Waals surface area contributed by atoms with E-state index in [4.69, 9.17) is 0 Å². The van der Waals surface area contributed by atoms with Crippen LogP contribution >= 0.6 is 0 Å². The minimum absolute atomic E-state index is 0.0317. The molecule has 1 fully saturated rings. The fourth-order valence-corrected chi connectivity index (χ4v) is 2.65. The van der Waals surface area contributed by atoms with E-state index in [-0.39, 0.29) is 11.4 Å². The Balaban J connectivity index is 1.53. The Kier molecular flexibility index (Phi) is 5.90. The quantitative estimate of drug-likeness (QED) is 0.430. The third-order valence-corrected chi connectivity index (χ3v) is 4.13. The van der Waals surface area contributed by atoms with Crippen molar-refractivity contribution >= 4 is 23.8 Å². The number of hydrogen-bond acceptors (Lipinski definition) is 8. The summed E-state index contributed by atoms with van der Waals surface area (Å²) in [6.07, 6.45) is 3.21. The molecule has 0 aliphatic carbocycles. The first-order chi connectivity index (χ1) is 13.5. The van der Waals surface area contributed by atoms with Gasteiger partial charge in [0.05, 0.1) is 48.5 Å². The van der Waals surface area contributed by atoms with E-state index in [1.807, 2.05) is 10.0 Å². The lowest BCUT2D eigenvalue weighted by molar-refractivity contribution is -0.385. The van der Waals surface area contributed by atoms with E-state index >= 15 is 0 Å². The molecule has 1 aliphatic heterocycles. The van der Waals surface area contributed by atoms with Crippen molar-refractivity contribution in [3.63, 3.8) is 0 Å². The molecule has 2 aromatic carbocycles. The Morgan fingerprint density at radius 1 is 0.750 bits per heavy atom. The zero-order chi connectivity index (χ0) is 19.9. The van der Waals surface area contributed by atoms with E-state index in [1.165, 1.54) is 24.3 Å². The van der Waals surface area contributed by atoms with Crippen molar-refractivity contribution in [1.82, 2.24) is 10.0 Å². The van der Waals surface area contributed by atoms with Crippen molar-refractivity contribution in [3.05, 3.63) is 79.9 Å². The largest absolute Gasteiger partial charge is 0.293 e. The van der Waals surface area contributed by atoms with Crippen LogP contribution in [0.15, 0.2) is 58.7 Å². The van der Waals surface area contributed by atoms with Gasteiger partial charge in [-0.15, -0.1) is 0 Å². The van der Waals surface area contributed by atoms with E-state index in [0.29, 0.717) is 37.3 Å². The van der Waals surface area contributed by atoms with E-state index in [0.717, 1.165) is 0 Å². The summed E-state index contributed by atoms with van der Waals surface area (Å²) in [4.78, 5) is 20.7. The molecule has 10 heteroatoms. The van der Waals surface area contributed by atoms with Gasteiger partial charge in [-0.3, -0.25) is 30.2 Å². The van der Waals surface area contributed by atoms with Crippen molar-refractivity contribution in [1.29, 1.82) is 0 Å². The maximum Gasteiger partial charge on any atom is 0.270 e. The maximum absolute atomic E-state index is 10.8. The number of nitro benzene ring substituents is 2. The molecule has 1 saturated heterocycles. The first-order valence-corrected chi connectivity index (χ1v) is 8.58. The van der Waals surface area contributed by atoms with E-state index in [2.05, 4.69) is 10.2 Å². The van der Waals surface area contributed by atoms with Crippen LogP contribution in [0.4, 0.5) is 11.4 Å². The van der Waals surface area contributed by atoms with Gasteiger partial charge in [0.2, 0.25) is 0 Å². The molecule has 0 bridgehead atoms. The predicted molar refractivity (Wildman–Crippen MR) is 105 cm³/mol. The average Bonchev–Trinajstić information content (AvgIpc) is 2.72. The summed E-state index contributed by atoms with van der Waals surface area (Å²) in [6.45, 7) is 2.60. The summed E-state index contributed by atoms with van der Waals surface area (Å²) in [6, 6.07) is 12.6. The Labute approximate surface area is 160 Å². The number of rotatable bonds is 6. The average molecular weight is 382 g/mol. The number of non-ortho nitro benzene ring substituents is 2. The van der Waals surface area contributed by atoms with Crippen molar-refractivity contribution in [2.45, 2.75) is 0 Å². The number of nitrogens with zero attached hydrogens (tertiary/aromatic N) is 6. The van der Waals surface area contributed by atoms with Gasteiger partial charge >= 0.3 is 0 Å². The zero-order valence-electron chi connectivity index (χ0n) is 14.9. The lowest BCUT2D eigenvalue weighted by Gasteiger charge is -2.31. The molecule has 3 rings (SSSR count). The minimum Gasteiger partial charge on any atom is -0.293 e. The van der Waals surface area contributed by atoms with Crippen LogP contribution < -0.4 is 0 Å². The molecule has 0 aromatic heterocycles. The standard InChI is InChI=1S/C18H18N6O4/c25-23(26)17-5-1-3-15(11-17)13-19-21-7-9-22(10-8-21)20-14-16-4-2-6-18(12-16)24(27)28/h1-6,11-14H,7-10H2/b19-13+,20-14+. The molecule has 0 radical (unpaired) electrons. The lowest BCUT2D eigenvalue weighted by Crippen LogP contribution is -2.41. The number of hydrazone groups is 2. The molecular weight excluding hydrogens is 364 g/mol. The maximum atomic E-state index is 10.8. The smallest absolute Gasteiger partial charge is 0.270 e. The van der Waals surface area contributed by atoms with Crippen molar-refractivity contribution < 1.29 is 9.85 Å². The lowest BCUT2D eigenvalue weighted by atomic mass is 10.2. The first kappa shape index (κ1) is 19.0. The fraction of sp³-hybridized carbons (Fsp3) is 0.222. The second kappa shape index (κ2) is 8.71. The minimum atomic E-state index is -0.435. The van der Waals surface area contributed by atoms with Gasteiger partial charge in [0.15, 0.2) is 0 Å². The summed E-state index contributed by atoms with van der Waals surface area (Å²) in [5.41, 5.74) is 1.40. The molecule has 144 valence electrons. The van der Waals surface area contributed by atoms with Gasteiger partial charge in [0, 0.05) is 35.4 Å². The zero-order valence-corrected chi connectivity index (χ0v) is 14.9. The molecule has 0 atom stereocenters. The van der Waals surface area contributed by atoms with Crippen LogP contribution in [0, 0.1) is 20.2 Å². The summed E-state index contributed by atoms with van der Waals surface area (Å²) >= 11 is 0. The van der Waals surface area contributed by atoms with Gasteiger partial charge in [0.1, 0.15) is 0 Å². The molecule has 1 aliphatic rings. The first-order valence-electron chi connectivity index (χ1n) is 8.58. The molecule has 0 N–H and O–H groups in total. The van der Waals surface area contributed by atoms with Gasteiger partial charge in [-0.05, 0) is 0 Å². The van der Waals surface area contributed by atoms with Gasteiger partial charge in [-0.2, -0.15) is 10.2 Å². The van der Waals surface area contributed by atoms with Gasteiger partial charge in [-0.1, -0.05) is 24.3 Å². The third-order valence-electron chi connectivity index (χ3n) is 4.13. The highest BCUT2D eigenvalue weighted by atomic mass is 16.6. The summed E-state index contributed by atoms with van der Waals surface area (Å²) in [7, 11) is 0. The van der Waals surface area contributed by atoms with Gasteiger partial charge in [-0.25, -0.2) is 0 Å². The molecule has 0 amide bonds. The molecule has 0 saturated carbocycles. The Morgan fingerprint density at radius 3 is 1.50 bits per heavy atom. The van der Waals surface area contributed by atoms with Crippen LogP contribution in [0.5, 0.6) is 0 Å². The number of piperazine rings is 1. The van der Waals surface area contributed by atoms with Crippen molar-refractivity contribution in [3.8, 4) is 0 Å². The van der Waals surface area contributed by atoms with E-state index in [1.54, 1.807) is 36.7 Å². The third kappa shape index (κ3) is 5.10. The van der Waals surface area contributed by atoms with Gasteiger partial charge in [0.25, 0.3) is 11.4 Å².